The van der Waals surface area contributed by atoms with Gasteiger partial charge in [-0.2, -0.15) is 0 Å². The standard InChI is InChI=1S/C15H21NO6S2/c1-4-21-14(17)9-7-6-8-10-11(9)12(15(18)22-5-2)13(23-10)16-24(3,19)20/h9,16H,4-8H2,1-3H3. The first-order valence-electron chi connectivity index (χ1n) is 7.75. The molecular weight excluding hydrogens is 354 g/mol. The maximum absolute atomic E-state index is 12.4. The first-order valence-corrected chi connectivity index (χ1v) is 10.5. The van der Waals surface area contributed by atoms with E-state index >= 15 is 0 Å². The van der Waals surface area contributed by atoms with E-state index in [4.69, 9.17) is 9.47 Å². The summed E-state index contributed by atoms with van der Waals surface area (Å²) in [6.07, 6.45) is 3.04. The van der Waals surface area contributed by atoms with Crippen LogP contribution in [0.2, 0.25) is 0 Å². The van der Waals surface area contributed by atoms with Crippen molar-refractivity contribution in [2.24, 2.45) is 0 Å². The van der Waals surface area contributed by atoms with Gasteiger partial charge >= 0.3 is 11.9 Å². The van der Waals surface area contributed by atoms with Gasteiger partial charge in [-0.1, -0.05) is 0 Å². The minimum atomic E-state index is -3.56. The highest BCUT2D eigenvalue weighted by atomic mass is 32.2. The summed E-state index contributed by atoms with van der Waals surface area (Å²) in [6.45, 7) is 3.80. The summed E-state index contributed by atoms with van der Waals surface area (Å²) < 4.78 is 35.8. The van der Waals surface area contributed by atoms with Crippen molar-refractivity contribution in [2.75, 3.05) is 24.2 Å². The Labute approximate surface area is 145 Å². The molecule has 0 fully saturated rings. The molecule has 0 spiro atoms. The largest absolute Gasteiger partial charge is 0.466 e. The fourth-order valence-electron chi connectivity index (χ4n) is 2.78. The summed E-state index contributed by atoms with van der Waals surface area (Å²) >= 11 is 1.18. The summed E-state index contributed by atoms with van der Waals surface area (Å²) in [5.41, 5.74) is 0.689. The van der Waals surface area contributed by atoms with E-state index in [9.17, 15) is 18.0 Å². The molecule has 134 valence electrons. The third kappa shape index (κ3) is 4.07. The molecule has 1 N–H and O–H groups in total. The molecule has 1 heterocycles. The number of aryl methyl sites for hydroxylation is 1. The lowest BCUT2D eigenvalue weighted by atomic mass is 9.85. The topological polar surface area (TPSA) is 98.8 Å². The number of rotatable bonds is 6. The van der Waals surface area contributed by atoms with Gasteiger partial charge in [-0.25, -0.2) is 13.2 Å². The zero-order chi connectivity index (χ0) is 17.9. The minimum absolute atomic E-state index is 0.139. The quantitative estimate of drug-likeness (QED) is 0.766. The Kier molecular flexibility index (Phi) is 5.87. The Bertz CT molecular complexity index is 737. The van der Waals surface area contributed by atoms with E-state index in [1.807, 2.05) is 0 Å². The Morgan fingerprint density at radius 3 is 2.50 bits per heavy atom. The molecule has 1 aromatic heterocycles. The number of esters is 2. The smallest absolute Gasteiger partial charge is 0.341 e. The lowest BCUT2D eigenvalue weighted by Crippen LogP contribution is -2.23. The molecule has 0 bridgehead atoms. The summed E-state index contributed by atoms with van der Waals surface area (Å²) in [5.74, 6) is -1.59. The van der Waals surface area contributed by atoms with Gasteiger partial charge in [-0.3, -0.25) is 9.52 Å². The Morgan fingerprint density at radius 2 is 1.92 bits per heavy atom. The van der Waals surface area contributed by atoms with Crippen molar-refractivity contribution < 1.29 is 27.5 Å². The van der Waals surface area contributed by atoms with E-state index in [1.165, 1.54) is 11.3 Å². The normalized spacial score (nSPS) is 17.0. The molecule has 0 saturated carbocycles. The van der Waals surface area contributed by atoms with Gasteiger partial charge in [0, 0.05) is 4.88 Å². The highest BCUT2D eigenvalue weighted by Gasteiger charge is 2.37. The number of anilines is 1. The van der Waals surface area contributed by atoms with E-state index in [-0.39, 0.29) is 23.8 Å². The number of fused-ring (bicyclic) bond motifs is 1. The van der Waals surface area contributed by atoms with Crippen LogP contribution in [0.25, 0.3) is 0 Å². The van der Waals surface area contributed by atoms with Crippen LogP contribution in [0, 0.1) is 0 Å². The van der Waals surface area contributed by atoms with E-state index in [1.54, 1.807) is 13.8 Å². The van der Waals surface area contributed by atoms with Crippen LogP contribution >= 0.6 is 11.3 Å². The van der Waals surface area contributed by atoms with Crippen molar-refractivity contribution in [3.05, 3.63) is 16.0 Å². The number of thiophene rings is 1. The highest BCUT2D eigenvalue weighted by Crippen LogP contribution is 2.44. The molecule has 1 aliphatic carbocycles. The van der Waals surface area contributed by atoms with Gasteiger partial charge in [0.25, 0.3) is 0 Å². The molecule has 24 heavy (non-hydrogen) atoms. The van der Waals surface area contributed by atoms with Crippen molar-refractivity contribution in [3.63, 3.8) is 0 Å². The Hall–Kier alpha value is -1.61. The third-order valence-corrected chi connectivity index (χ3v) is 5.48. The monoisotopic (exact) mass is 375 g/mol. The van der Waals surface area contributed by atoms with Crippen molar-refractivity contribution in [2.45, 2.75) is 39.0 Å². The SMILES string of the molecule is CCOC(=O)c1c(NS(C)(=O)=O)sc2c1C(C(=O)OCC)CCC2. The second-order valence-corrected chi connectivity index (χ2v) is 8.29. The van der Waals surface area contributed by atoms with Gasteiger partial charge in [0.1, 0.15) is 5.00 Å². The zero-order valence-electron chi connectivity index (χ0n) is 13.9. The van der Waals surface area contributed by atoms with E-state index in [0.29, 0.717) is 18.4 Å². The minimum Gasteiger partial charge on any atom is -0.466 e. The number of nitrogens with one attached hydrogen (secondary N) is 1. The number of sulfonamides is 1. The van der Waals surface area contributed by atoms with Crippen LogP contribution in [0.15, 0.2) is 0 Å². The molecule has 1 aromatic rings. The van der Waals surface area contributed by atoms with Crippen LogP contribution in [-0.2, 0) is 30.7 Å². The van der Waals surface area contributed by atoms with Crippen molar-refractivity contribution in [1.82, 2.24) is 0 Å². The van der Waals surface area contributed by atoms with Crippen LogP contribution in [0.3, 0.4) is 0 Å². The molecule has 1 unspecified atom stereocenters. The second-order valence-electron chi connectivity index (χ2n) is 5.43. The van der Waals surface area contributed by atoms with Gasteiger partial charge in [0.15, 0.2) is 0 Å². The average molecular weight is 375 g/mol. The summed E-state index contributed by atoms with van der Waals surface area (Å²) in [4.78, 5) is 25.5. The molecule has 0 radical (unpaired) electrons. The maximum Gasteiger partial charge on any atom is 0.341 e. The Morgan fingerprint density at radius 1 is 1.25 bits per heavy atom. The molecule has 1 aliphatic rings. The van der Waals surface area contributed by atoms with Crippen LogP contribution in [0.5, 0.6) is 0 Å². The fraction of sp³-hybridized carbons (Fsp3) is 0.600. The lowest BCUT2D eigenvalue weighted by molar-refractivity contribution is -0.145. The number of carbonyl (C=O) groups is 2. The van der Waals surface area contributed by atoms with Gasteiger partial charge in [-0.15, -0.1) is 11.3 Å². The molecular formula is C15H21NO6S2. The van der Waals surface area contributed by atoms with Crippen LogP contribution in [-0.4, -0.2) is 39.8 Å². The van der Waals surface area contributed by atoms with Crippen LogP contribution in [0.1, 0.15) is 53.4 Å². The predicted octanol–water partition coefficient (Wildman–Crippen LogP) is 2.28. The molecule has 1 atom stereocenters. The summed E-state index contributed by atoms with van der Waals surface area (Å²) in [7, 11) is -3.56. The second kappa shape index (κ2) is 7.52. The molecule has 9 heteroatoms. The first kappa shape index (κ1) is 18.7. The van der Waals surface area contributed by atoms with Crippen molar-refractivity contribution in [1.29, 1.82) is 0 Å². The van der Waals surface area contributed by atoms with E-state index in [2.05, 4.69) is 4.72 Å². The molecule has 0 aromatic carbocycles. The molecule has 7 nitrogen and oxygen atoms in total. The number of hydrogen-bond acceptors (Lipinski definition) is 7. The molecule has 0 aliphatic heterocycles. The lowest BCUT2D eigenvalue weighted by Gasteiger charge is -2.22. The predicted molar refractivity (Wildman–Crippen MR) is 91.1 cm³/mol. The highest BCUT2D eigenvalue weighted by molar-refractivity contribution is 7.92. The third-order valence-electron chi connectivity index (χ3n) is 3.60. The van der Waals surface area contributed by atoms with E-state index < -0.39 is 27.9 Å². The summed E-state index contributed by atoms with van der Waals surface area (Å²) in [5, 5.41) is 0.206. The summed E-state index contributed by atoms with van der Waals surface area (Å²) in [6, 6.07) is 0. The van der Waals surface area contributed by atoms with Crippen LogP contribution in [0.4, 0.5) is 5.00 Å². The number of carbonyl (C=O) groups excluding carboxylic acids is 2. The zero-order valence-corrected chi connectivity index (χ0v) is 15.5. The molecule has 0 saturated heterocycles. The van der Waals surface area contributed by atoms with Gasteiger partial charge in [0.05, 0.1) is 31.0 Å². The van der Waals surface area contributed by atoms with Crippen molar-refractivity contribution >= 4 is 38.3 Å². The number of ether oxygens (including phenoxy) is 2. The van der Waals surface area contributed by atoms with Gasteiger partial charge in [0.2, 0.25) is 10.0 Å². The molecule has 2 rings (SSSR count). The maximum atomic E-state index is 12.4. The van der Waals surface area contributed by atoms with E-state index in [0.717, 1.165) is 17.6 Å². The van der Waals surface area contributed by atoms with Crippen molar-refractivity contribution in [3.8, 4) is 0 Å². The fourth-order valence-corrected chi connectivity index (χ4v) is 4.98. The van der Waals surface area contributed by atoms with Gasteiger partial charge < -0.3 is 9.47 Å². The molecule has 0 amide bonds. The average Bonchev–Trinajstić information content (AvgIpc) is 2.83. The van der Waals surface area contributed by atoms with Crippen LogP contribution < -0.4 is 4.72 Å². The Balaban J connectivity index is 2.56. The first-order chi connectivity index (χ1) is 11.3. The number of hydrogen-bond donors (Lipinski definition) is 1. The van der Waals surface area contributed by atoms with Gasteiger partial charge in [-0.05, 0) is 38.7 Å².